The lowest BCUT2D eigenvalue weighted by atomic mass is 9.77. The Kier molecular flexibility index (Phi) is 5.76. The van der Waals surface area contributed by atoms with Gasteiger partial charge in [-0.1, -0.05) is 12.8 Å². The highest BCUT2D eigenvalue weighted by atomic mass is 32.2. The van der Waals surface area contributed by atoms with E-state index in [1.54, 1.807) is 0 Å². The van der Waals surface area contributed by atoms with Gasteiger partial charge in [0.05, 0.1) is 0 Å². The Balaban J connectivity index is 2.11. The number of alkyl halides is 2. The summed E-state index contributed by atoms with van der Waals surface area (Å²) < 4.78 is 50.1. The third-order valence-electron chi connectivity index (χ3n) is 5.00. The minimum atomic E-state index is -3.26. The normalized spacial score (nSPS) is 24.9. The maximum absolute atomic E-state index is 13.3. The maximum atomic E-state index is 13.3. The Morgan fingerprint density at radius 2 is 1.87 bits per heavy atom. The zero-order valence-corrected chi connectivity index (χ0v) is 14.0. The molecule has 0 aromatic heterocycles. The summed E-state index contributed by atoms with van der Waals surface area (Å²) in [5.41, 5.74) is 0.222. The third kappa shape index (κ3) is 4.68. The molecule has 9 heteroatoms. The molecule has 1 aliphatic heterocycles. The molecule has 23 heavy (non-hydrogen) atoms. The monoisotopic (exact) mass is 353 g/mol. The van der Waals surface area contributed by atoms with Crippen molar-refractivity contribution in [3.63, 3.8) is 0 Å². The molecular weight excluding hydrogens is 330 g/mol. The molecule has 6 nitrogen and oxygen atoms in total. The smallest absolute Gasteiger partial charge is 0.323 e. The van der Waals surface area contributed by atoms with Gasteiger partial charge in [-0.2, -0.15) is 4.41 Å². The number of rotatable bonds is 6. The maximum Gasteiger partial charge on any atom is 0.323 e. The zero-order chi connectivity index (χ0) is 17.3. The number of hydrogen-bond acceptors (Lipinski definition) is 4. The number of hydrogen-bond donors (Lipinski definition) is 1. The van der Waals surface area contributed by atoms with E-state index in [-0.39, 0.29) is 5.41 Å². The van der Waals surface area contributed by atoms with Crippen molar-refractivity contribution in [2.45, 2.75) is 63.8 Å². The topological polar surface area (TPSA) is 83.9 Å². The van der Waals surface area contributed by atoms with Crippen LogP contribution in [0.2, 0.25) is 0 Å². The largest absolute Gasteiger partial charge is 0.759 e. The van der Waals surface area contributed by atoms with Crippen LogP contribution in [0, 0.1) is 5.41 Å². The van der Waals surface area contributed by atoms with Gasteiger partial charge in [-0.15, -0.1) is 0 Å². The summed E-state index contributed by atoms with van der Waals surface area (Å²) >= 11 is -2.90. The average Bonchev–Trinajstić information content (AvgIpc) is 2.87. The van der Waals surface area contributed by atoms with E-state index < -0.39 is 35.6 Å². The first-order valence-electron chi connectivity index (χ1n) is 7.88. The van der Waals surface area contributed by atoms with Crippen molar-refractivity contribution < 1.29 is 27.4 Å². The van der Waals surface area contributed by atoms with Crippen molar-refractivity contribution in [3.8, 4) is 0 Å². The summed E-state index contributed by atoms with van der Waals surface area (Å²) in [7, 11) is 0. The number of piperidine rings is 1. The number of carboxylic acids is 1. The summed E-state index contributed by atoms with van der Waals surface area (Å²) in [6.45, 7) is 1.36. The molecule has 1 saturated carbocycles. The minimum Gasteiger partial charge on any atom is -0.759 e. The van der Waals surface area contributed by atoms with E-state index in [1.807, 2.05) is 0 Å². The van der Waals surface area contributed by atoms with Crippen LogP contribution in [-0.4, -0.2) is 54.3 Å². The van der Waals surface area contributed by atoms with Crippen LogP contribution in [0.4, 0.5) is 8.78 Å². The van der Waals surface area contributed by atoms with Gasteiger partial charge in [-0.3, -0.25) is 9.00 Å². The van der Waals surface area contributed by atoms with Gasteiger partial charge < -0.3 is 9.66 Å². The van der Waals surface area contributed by atoms with Crippen LogP contribution in [0.25, 0.3) is 0 Å². The predicted octanol–water partition coefficient (Wildman–Crippen LogP) is 2.15. The Morgan fingerprint density at radius 1 is 1.35 bits per heavy atom. The summed E-state index contributed by atoms with van der Waals surface area (Å²) in [5, 5.41) is 10.6. The van der Waals surface area contributed by atoms with E-state index in [9.17, 15) is 27.4 Å². The fourth-order valence-electron chi connectivity index (χ4n) is 3.79. The van der Waals surface area contributed by atoms with Crippen LogP contribution in [0.5, 0.6) is 0 Å². The zero-order valence-electron chi connectivity index (χ0n) is 13.2. The fraction of sp³-hybridized carbons (Fsp3) is 0.929. The highest BCUT2D eigenvalue weighted by Gasteiger charge is 2.43. The molecule has 0 bridgehead atoms. The molecule has 1 spiro atoms. The molecule has 1 heterocycles. The molecule has 2 fully saturated rings. The van der Waals surface area contributed by atoms with Gasteiger partial charge in [-0.25, -0.2) is 13.8 Å². The quantitative estimate of drug-likeness (QED) is 0.740. The van der Waals surface area contributed by atoms with Crippen LogP contribution in [-0.2, 0) is 16.1 Å². The Labute approximate surface area is 137 Å². The molecule has 1 aliphatic carbocycles. The van der Waals surface area contributed by atoms with Crippen molar-refractivity contribution >= 4 is 17.2 Å². The van der Waals surface area contributed by atoms with Crippen LogP contribution in [0.1, 0.15) is 51.9 Å². The van der Waals surface area contributed by atoms with E-state index in [4.69, 9.17) is 0 Å². The van der Waals surface area contributed by atoms with Crippen molar-refractivity contribution in [2.75, 3.05) is 13.1 Å². The van der Waals surface area contributed by atoms with E-state index in [0.717, 1.165) is 38.5 Å². The Morgan fingerprint density at radius 3 is 2.26 bits per heavy atom. The van der Waals surface area contributed by atoms with Gasteiger partial charge in [0.15, 0.2) is 0 Å². The molecule has 2 atom stereocenters. The van der Waals surface area contributed by atoms with E-state index in [1.165, 1.54) is 5.01 Å². The van der Waals surface area contributed by atoms with Crippen LogP contribution in [0.15, 0.2) is 0 Å². The predicted molar refractivity (Wildman–Crippen MR) is 79.1 cm³/mol. The first kappa shape index (κ1) is 18.7. The third-order valence-corrected chi connectivity index (χ3v) is 5.79. The molecule has 134 valence electrons. The highest BCUT2D eigenvalue weighted by molar-refractivity contribution is 7.76. The molecule has 0 aromatic carbocycles. The van der Waals surface area contributed by atoms with E-state index in [0.29, 0.717) is 24.4 Å². The first-order valence-corrected chi connectivity index (χ1v) is 8.91. The van der Waals surface area contributed by atoms with Crippen LogP contribution < -0.4 is 0 Å². The Bertz CT molecular complexity index is 456. The standard InChI is InChI=1S/C14H24F2N2O4S/c1-13(15,16)10-11(12(19)20)18(23(21)22)17-8-6-14(7-9-17)4-2-3-5-14/h11H,2-10H2,1H3,(H,19,20)(H,21,22)/p-1. The number of carboxylic acid groups (broad SMARTS) is 1. The second-order valence-electron chi connectivity index (χ2n) is 6.81. The van der Waals surface area contributed by atoms with Crippen molar-refractivity contribution in [3.05, 3.63) is 0 Å². The van der Waals surface area contributed by atoms with Crippen molar-refractivity contribution in [2.24, 2.45) is 5.41 Å². The lowest BCUT2D eigenvalue weighted by molar-refractivity contribution is -0.153. The molecular formula is C14H23F2N2O4S-. The molecule has 1 N–H and O–H groups in total. The highest BCUT2D eigenvalue weighted by Crippen LogP contribution is 2.46. The SMILES string of the molecule is CC(F)(F)CC(C(=O)O)N(N1CCC2(CCCC2)CC1)S(=O)[O-]. The number of nitrogens with zero attached hydrogens (tertiary/aromatic N) is 2. The van der Waals surface area contributed by atoms with Gasteiger partial charge in [-0.05, 0) is 38.0 Å². The lowest BCUT2D eigenvalue weighted by Gasteiger charge is -2.46. The number of hydrazine groups is 1. The molecule has 0 aromatic rings. The number of carbonyl (C=O) groups is 1. The summed E-state index contributed by atoms with van der Waals surface area (Å²) in [4.78, 5) is 11.3. The Hall–Kier alpha value is -0.640. The summed E-state index contributed by atoms with van der Waals surface area (Å²) in [6.07, 6.45) is 5.05. The first-order chi connectivity index (χ1) is 10.6. The van der Waals surface area contributed by atoms with Crippen LogP contribution >= 0.6 is 0 Å². The van der Waals surface area contributed by atoms with Gasteiger partial charge in [0.2, 0.25) is 5.92 Å². The second-order valence-corrected chi connectivity index (χ2v) is 7.62. The van der Waals surface area contributed by atoms with E-state index >= 15 is 0 Å². The summed E-state index contributed by atoms with van der Waals surface area (Å²) in [5.74, 6) is -4.82. The average molecular weight is 353 g/mol. The lowest BCUT2D eigenvalue weighted by Crippen LogP contribution is -2.57. The van der Waals surface area contributed by atoms with Crippen molar-refractivity contribution in [1.82, 2.24) is 9.42 Å². The molecule has 0 radical (unpaired) electrons. The number of aliphatic carboxylic acids is 1. The molecule has 2 rings (SSSR count). The minimum absolute atomic E-state index is 0.222. The van der Waals surface area contributed by atoms with E-state index in [2.05, 4.69) is 0 Å². The fourth-order valence-corrected chi connectivity index (χ4v) is 4.51. The molecule has 2 aliphatic rings. The van der Waals surface area contributed by atoms with Crippen LogP contribution in [0.3, 0.4) is 0 Å². The van der Waals surface area contributed by atoms with Crippen molar-refractivity contribution in [1.29, 1.82) is 0 Å². The molecule has 0 amide bonds. The second kappa shape index (κ2) is 7.08. The van der Waals surface area contributed by atoms with Gasteiger partial charge in [0.1, 0.15) is 6.04 Å². The molecule has 2 unspecified atom stereocenters. The van der Waals surface area contributed by atoms with Gasteiger partial charge >= 0.3 is 5.97 Å². The summed E-state index contributed by atoms with van der Waals surface area (Å²) in [6, 6.07) is -1.79. The van der Waals surface area contributed by atoms with Gasteiger partial charge in [0, 0.05) is 30.8 Å². The van der Waals surface area contributed by atoms with Gasteiger partial charge in [0.25, 0.3) is 0 Å². The number of halogens is 2. The molecule has 1 saturated heterocycles.